The van der Waals surface area contributed by atoms with Crippen LogP contribution < -0.4 is 0 Å². The fourth-order valence-electron chi connectivity index (χ4n) is 3.62. The summed E-state index contributed by atoms with van der Waals surface area (Å²) in [5.74, 6) is 0. The van der Waals surface area contributed by atoms with Crippen LogP contribution >= 0.6 is 0 Å². The molecule has 0 amide bonds. The minimum Gasteiger partial charge on any atom is -0.374 e. The van der Waals surface area contributed by atoms with Gasteiger partial charge < -0.3 is 24.1 Å². The maximum atomic E-state index is 10.5. The number of aliphatic hydroxyl groups excluding tert-OH is 1. The van der Waals surface area contributed by atoms with Crippen LogP contribution in [-0.2, 0) is 38.8 Å². The van der Waals surface area contributed by atoms with E-state index in [4.69, 9.17) is 18.9 Å². The number of rotatable bonds is 10. The van der Waals surface area contributed by atoms with E-state index >= 15 is 0 Å². The molecule has 1 saturated heterocycles. The third-order valence-corrected chi connectivity index (χ3v) is 5.25. The van der Waals surface area contributed by atoms with E-state index in [0.29, 0.717) is 26.4 Å². The average Bonchev–Trinajstić information content (AvgIpc) is 3.12. The molecular formula is C26H28O5. The van der Waals surface area contributed by atoms with Gasteiger partial charge in [-0.1, -0.05) is 91.0 Å². The molecule has 0 aliphatic carbocycles. The summed E-state index contributed by atoms with van der Waals surface area (Å²) >= 11 is 0. The zero-order valence-electron chi connectivity index (χ0n) is 17.4. The van der Waals surface area contributed by atoms with Crippen LogP contribution in [0.1, 0.15) is 16.7 Å². The number of hydrogen-bond donors (Lipinski definition) is 1. The lowest BCUT2D eigenvalue weighted by molar-refractivity contribution is -0.153. The van der Waals surface area contributed by atoms with Crippen molar-refractivity contribution in [1.82, 2.24) is 0 Å². The Hall–Kier alpha value is -2.54. The second-order valence-corrected chi connectivity index (χ2v) is 7.59. The van der Waals surface area contributed by atoms with Gasteiger partial charge >= 0.3 is 0 Å². The molecule has 4 rings (SSSR count). The first-order chi connectivity index (χ1) is 15.3. The van der Waals surface area contributed by atoms with Gasteiger partial charge in [0.2, 0.25) is 0 Å². The van der Waals surface area contributed by atoms with E-state index in [1.54, 1.807) is 0 Å². The van der Waals surface area contributed by atoms with Crippen LogP contribution in [0.3, 0.4) is 0 Å². The quantitative estimate of drug-likeness (QED) is 0.535. The van der Waals surface area contributed by atoms with E-state index in [-0.39, 0.29) is 0 Å². The van der Waals surface area contributed by atoms with Gasteiger partial charge in [-0.3, -0.25) is 0 Å². The molecule has 5 heteroatoms. The van der Waals surface area contributed by atoms with Crippen molar-refractivity contribution in [3.63, 3.8) is 0 Å². The summed E-state index contributed by atoms with van der Waals surface area (Å²) in [7, 11) is 0. The highest BCUT2D eigenvalue weighted by Gasteiger charge is 2.45. The number of benzene rings is 3. The van der Waals surface area contributed by atoms with Crippen LogP contribution in [0.2, 0.25) is 0 Å². The molecule has 5 nitrogen and oxygen atoms in total. The third-order valence-electron chi connectivity index (χ3n) is 5.25. The third kappa shape index (κ3) is 6.23. The van der Waals surface area contributed by atoms with Crippen LogP contribution in [-0.4, -0.2) is 36.3 Å². The fourth-order valence-corrected chi connectivity index (χ4v) is 3.62. The SMILES string of the molecule is O[C@@H]1O[C@@H](COCc2ccccc2)C(OCc2ccccc2)C1OCc1ccccc1. The lowest BCUT2D eigenvalue weighted by Crippen LogP contribution is -2.39. The predicted molar refractivity (Wildman–Crippen MR) is 117 cm³/mol. The summed E-state index contributed by atoms with van der Waals surface area (Å²) in [4.78, 5) is 0. The maximum Gasteiger partial charge on any atom is 0.184 e. The minimum absolute atomic E-state index is 0.302. The average molecular weight is 421 g/mol. The maximum absolute atomic E-state index is 10.5. The second kappa shape index (κ2) is 11.2. The smallest absolute Gasteiger partial charge is 0.184 e. The molecule has 1 aliphatic rings. The topological polar surface area (TPSA) is 57.2 Å². The van der Waals surface area contributed by atoms with Crippen molar-refractivity contribution in [3.05, 3.63) is 108 Å². The first-order valence-corrected chi connectivity index (χ1v) is 10.6. The first-order valence-electron chi connectivity index (χ1n) is 10.6. The monoisotopic (exact) mass is 420 g/mol. The van der Waals surface area contributed by atoms with Crippen LogP contribution in [0.4, 0.5) is 0 Å². The van der Waals surface area contributed by atoms with Crippen molar-refractivity contribution in [1.29, 1.82) is 0 Å². The van der Waals surface area contributed by atoms with Crippen LogP contribution in [0.5, 0.6) is 0 Å². The standard InChI is InChI=1S/C26H28O5/c27-26-25(30-18-22-14-8-3-9-15-22)24(29-17-21-12-6-2-7-13-21)23(31-26)19-28-16-20-10-4-1-5-11-20/h1-15,23-27H,16-19H2/t23-,24?,25?,26+/m0/s1. The van der Waals surface area contributed by atoms with Gasteiger partial charge in [0.15, 0.2) is 6.29 Å². The molecule has 0 radical (unpaired) electrons. The van der Waals surface area contributed by atoms with Crippen LogP contribution in [0.15, 0.2) is 91.0 Å². The molecule has 31 heavy (non-hydrogen) atoms. The molecule has 0 spiro atoms. The largest absolute Gasteiger partial charge is 0.374 e. The normalized spacial score (nSPS) is 23.1. The highest BCUT2D eigenvalue weighted by molar-refractivity contribution is 5.15. The highest BCUT2D eigenvalue weighted by atomic mass is 16.7. The molecule has 3 aromatic rings. The Bertz CT molecular complexity index is 887. The van der Waals surface area contributed by atoms with E-state index in [1.165, 1.54) is 0 Å². The van der Waals surface area contributed by atoms with E-state index in [0.717, 1.165) is 16.7 Å². The summed E-state index contributed by atoms with van der Waals surface area (Å²) in [6, 6.07) is 29.8. The molecule has 1 fully saturated rings. The Morgan fingerprint density at radius 1 is 0.613 bits per heavy atom. The molecule has 162 valence electrons. The van der Waals surface area contributed by atoms with Crippen molar-refractivity contribution in [2.24, 2.45) is 0 Å². The summed E-state index contributed by atoms with van der Waals surface area (Å²) in [5, 5.41) is 10.5. The Kier molecular flexibility index (Phi) is 7.82. The summed E-state index contributed by atoms with van der Waals surface area (Å²) in [6.07, 6.45) is -2.55. The lowest BCUT2D eigenvalue weighted by Gasteiger charge is -2.24. The van der Waals surface area contributed by atoms with Gasteiger partial charge in [0.05, 0.1) is 26.4 Å². The number of ether oxygens (including phenoxy) is 4. The predicted octanol–water partition coefficient (Wildman–Crippen LogP) is 4.09. The zero-order valence-corrected chi connectivity index (χ0v) is 17.4. The minimum atomic E-state index is -1.07. The Morgan fingerprint density at radius 2 is 1.06 bits per heavy atom. The molecular weight excluding hydrogens is 392 g/mol. The highest BCUT2D eigenvalue weighted by Crippen LogP contribution is 2.28. The van der Waals surface area contributed by atoms with Gasteiger partial charge in [-0.05, 0) is 16.7 Å². The summed E-state index contributed by atoms with van der Waals surface area (Å²) in [5.41, 5.74) is 3.16. The molecule has 0 aromatic heterocycles. The molecule has 3 aromatic carbocycles. The second-order valence-electron chi connectivity index (χ2n) is 7.59. The van der Waals surface area contributed by atoms with Crippen molar-refractivity contribution < 1.29 is 24.1 Å². The van der Waals surface area contributed by atoms with Crippen molar-refractivity contribution in [2.45, 2.75) is 44.4 Å². The molecule has 1 heterocycles. The first kappa shape index (κ1) is 21.7. The molecule has 1 aliphatic heterocycles. The van der Waals surface area contributed by atoms with Crippen molar-refractivity contribution >= 4 is 0 Å². The molecule has 0 bridgehead atoms. The van der Waals surface area contributed by atoms with Crippen LogP contribution in [0, 0.1) is 0 Å². The lowest BCUT2D eigenvalue weighted by atomic mass is 10.1. The van der Waals surface area contributed by atoms with Gasteiger partial charge in [0.1, 0.15) is 18.3 Å². The van der Waals surface area contributed by atoms with Gasteiger partial charge in [-0.15, -0.1) is 0 Å². The summed E-state index contributed by atoms with van der Waals surface area (Å²) < 4.78 is 23.9. The molecule has 2 unspecified atom stereocenters. The van der Waals surface area contributed by atoms with Gasteiger partial charge in [0.25, 0.3) is 0 Å². The molecule has 4 atom stereocenters. The van der Waals surface area contributed by atoms with E-state index in [9.17, 15) is 5.11 Å². The van der Waals surface area contributed by atoms with E-state index < -0.39 is 24.6 Å². The fraction of sp³-hybridized carbons (Fsp3) is 0.308. The molecule has 1 N–H and O–H groups in total. The Morgan fingerprint density at radius 3 is 1.58 bits per heavy atom. The number of hydrogen-bond acceptors (Lipinski definition) is 5. The Labute approximate surface area is 183 Å². The van der Waals surface area contributed by atoms with E-state index in [1.807, 2.05) is 91.0 Å². The Balaban J connectivity index is 1.39. The van der Waals surface area contributed by atoms with E-state index in [2.05, 4.69) is 0 Å². The van der Waals surface area contributed by atoms with Gasteiger partial charge in [-0.2, -0.15) is 0 Å². The van der Waals surface area contributed by atoms with Crippen molar-refractivity contribution in [3.8, 4) is 0 Å². The number of aliphatic hydroxyl groups is 1. The molecule has 0 saturated carbocycles. The van der Waals surface area contributed by atoms with Crippen molar-refractivity contribution in [2.75, 3.05) is 6.61 Å². The van der Waals surface area contributed by atoms with Gasteiger partial charge in [-0.25, -0.2) is 0 Å². The van der Waals surface area contributed by atoms with Crippen LogP contribution in [0.25, 0.3) is 0 Å². The summed E-state index contributed by atoms with van der Waals surface area (Å²) in [6.45, 7) is 1.55. The van der Waals surface area contributed by atoms with Gasteiger partial charge in [0, 0.05) is 0 Å². The zero-order chi connectivity index (χ0) is 21.3.